The molecule has 3 aromatic rings. The van der Waals surface area contributed by atoms with Gasteiger partial charge in [-0.3, -0.25) is 0 Å². The average molecular weight is 467 g/mol. The molecule has 8 heteroatoms. The largest absolute Gasteiger partial charge is 0.489 e. The topological polar surface area (TPSA) is 86.7 Å². The lowest BCUT2D eigenvalue weighted by Crippen LogP contribution is -2.21. The van der Waals surface area contributed by atoms with Gasteiger partial charge in [0, 0.05) is 27.2 Å². The van der Waals surface area contributed by atoms with Gasteiger partial charge >= 0.3 is 0 Å². The van der Waals surface area contributed by atoms with Gasteiger partial charge in [-0.25, -0.2) is 0 Å². The molecule has 0 aromatic heterocycles. The lowest BCUT2D eigenvalue weighted by molar-refractivity contribution is 0.174. The number of hydrogen-bond donors (Lipinski definition) is 1. The van der Waals surface area contributed by atoms with Crippen molar-refractivity contribution in [1.82, 2.24) is 0 Å². The third kappa shape index (κ3) is 3.66. The van der Waals surface area contributed by atoms with E-state index in [-0.39, 0.29) is 12.7 Å². The zero-order valence-electron chi connectivity index (χ0n) is 16.6. The Hall–Kier alpha value is -3.53. The van der Waals surface area contributed by atoms with Gasteiger partial charge in [-0.2, -0.15) is 5.26 Å². The molecule has 6 nitrogen and oxygen atoms in total. The van der Waals surface area contributed by atoms with Crippen LogP contribution in [-0.2, 0) is 6.61 Å². The molecule has 3 aromatic carbocycles. The van der Waals surface area contributed by atoms with Crippen LogP contribution in [0.25, 0.3) is 0 Å². The zero-order chi connectivity index (χ0) is 22.2. The highest BCUT2D eigenvalue weighted by Gasteiger charge is 2.33. The fourth-order valence-electron chi connectivity index (χ4n) is 3.75. The molecule has 0 amide bonds. The van der Waals surface area contributed by atoms with Crippen LogP contribution in [0, 0.1) is 11.3 Å². The average Bonchev–Trinajstić information content (AvgIpc) is 3.24. The molecular weight excluding hydrogens is 451 g/mol. The second-order valence-corrected chi connectivity index (χ2v) is 8.11. The number of fused-ring (bicyclic) bond motifs is 2. The molecule has 0 spiro atoms. The SMILES string of the molecule is N#CC1=C(N)Oc2cc3c(cc2[C@H]1c1ccc(OCc2ccc(Cl)cc2Cl)cc1)OCO3. The van der Waals surface area contributed by atoms with Crippen molar-refractivity contribution in [1.29, 1.82) is 5.26 Å². The zero-order valence-corrected chi connectivity index (χ0v) is 18.1. The van der Waals surface area contributed by atoms with Crippen molar-refractivity contribution in [3.8, 4) is 29.1 Å². The maximum atomic E-state index is 9.75. The Kier molecular flexibility index (Phi) is 5.22. The van der Waals surface area contributed by atoms with E-state index in [0.29, 0.717) is 45.2 Å². The van der Waals surface area contributed by atoms with Crippen molar-refractivity contribution >= 4 is 23.2 Å². The first-order valence-electron chi connectivity index (χ1n) is 9.71. The Morgan fingerprint density at radius 2 is 1.75 bits per heavy atom. The molecule has 0 saturated carbocycles. The Labute approximate surface area is 194 Å². The van der Waals surface area contributed by atoms with Gasteiger partial charge in [-0.15, -0.1) is 0 Å². The summed E-state index contributed by atoms with van der Waals surface area (Å²) in [6.45, 7) is 0.440. The van der Waals surface area contributed by atoms with Crippen LogP contribution in [0.15, 0.2) is 66.1 Å². The van der Waals surface area contributed by atoms with Crippen LogP contribution in [0.1, 0.15) is 22.6 Å². The number of benzene rings is 3. The summed E-state index contributed by atoms with van der Waals surface area (Å²) in [5.74, 6) is 2.05. The maximum absolute atomic E-state index is 9.75. The molecule has 5 rings (SSSR count). The first-order chi connectivity index (χ1) is 15.5. The minimum Gasteiger partial charge on any atom is -0.489 e. The second kappa shape index (κ2) is 8.19. The van der Waals surface area contributed by atoms with E-state index in [0.717, 1.165) is 16.7 Å². The first kappa shape index (κ1) is 20.4. The van der Waals surface area contributed by atoms with Crippen molar-refractivity contribution in [3.05, 3.63) is 92.8 Å². The molecule has 0 fully saturated rings. The monoisotopic (exact) mass is 466 g/mol. The van der Waals surface area contributed by atoms with Gasteiger partial charge in [-0.05, 0) is 35.9 Å². The van der Waals surface area contributed by atoms with Gasteiger partial charge in [0.15, 0.2) is 11.5 Å². The maximum Gasteiger partial charge on any atom is 0.231 e. The van der Waals surface area contributed by atoms with Gasteiger partial charge in [0.2, 0.25) is 12.7 Å². The Bertz CT molecular complexity index is 1280. The fraction of sp³-hybridized carbons (Fsp3) is 0.125. The van der Waals surface area contributed by atoms with Crippen LogP contribution >= 0.6 is 23.2 Å². The van der Waals surface area contributed by atoms with Crippen molar-refractivity contribution in [2.24, 2.45) is 5.73 Å². The van der Waals surface area contributed by atoms with E-state index in [4.69, 9.17) is 47.9 Å². The van der Waals surface area contributed by atoms with Crippen molar-refractivity contribution in [2.45, 2.75) is 12.5 Å². The number of nitriles is 1. The predicted octanol–water partition coefficient (Wildman–Crippen LogP) is 5.52. The highest BCUT2D eigenvalue weighted by atomic mass is 35.5. The minimum absolute atomic E-state index is 0.0709. The number of allylic oxidation sites excluding steroid dienone is 1. The third-order valence-electron chi connectivity index (χ3n) is 5.33. The molecular formula is C24H16Cl2N2O4. The lowest BCUT2D eigenvalue weighted by atomic mass is 9.83. The van der Waals surface area contributed by atoms with Crippen LogP contribution in [-0.4, -0.2) is 6.79 Å². The number of rotatable bonds is 4. The fourth-order valence-corrected chi connectivity index (χ4v) is 4.21. The molecule has 2 heterocycles. The van der Waals surface area contributed by atoms with E-state index < -0.39 is 5.92 Å². The third-order valence-corrected chi connectivity index (χ3v) is 5.92. The Morgan fingerprint density at radius 1 is 1.00 bits per heavy atom. The molecule has 32 heavy (non-hydrogen) atoms. The van der Waals surface area contributed by atoms with Crippen molar-refractivity contribution < 1.29 is 18.9 Å². The molecule has 0 aliphatic carbocycles. The molecule has 1 atom stereocenters. The van der Waals surface area contributed by atoms with Crippen LogP contribution in [0.5, 0.6) is 23.0 Å². The summed E-state index contributed by atoms with van der Waals surface area (Å²) in [6.07, 6.45) is 0. The summed E-state index contributed by atoms with van der Waals surface area (Å²) in [7, 11) is 0. The summed E-state index contributed by atoms with van der Waals surface area (Å²) in [5, 5.41) is 10.9. The van der Waals surface area contributed by atoms with E-state index in [9.17, 15) is 5.26 Å². The van der Waals surface area contributed by atoms with Gasteiger partial charge in [0.1, 0.15) is 29.7 Å². The molecule has 0 unspecified atom stereocenters. The normalized spacial score (nSPS) is 16.2. The molecule has 160 valence electrons. The van der Waals surface area contributed by atoms with Gasteiger partial charge < -0.3 is 24.7 Å². The molecule has 0 bridgehead atoms. The molecule has 0 radical (unpaired) electrons. The lowest BCUT2D eigenvalue weighted by Gasteiger charge is -2.26. The van der Waals surface area contributed by atoms with E-state index in [1.54, 1.807) is 18.2 Å². The van der Waals surface area contributed by atoms with Gasteiger partial charge in [0.05, 0.1) is 5.92 Å². The Balaban J connectivity index is 1.43. The number of hydrogen-bond acceptors (Lipinski definition) is 6. The summed E-state index contributed by atoms with van der Waals surface area (Å²) in [6, 6.07) is 18.5. The molecule has 0 saturated heterocycles. The smallest absolute Gasteiger partial charge is 0.231 e. The first-order valence-corrected chi connectivity index (χ1v) is 10.5. The summed E-state index contributed by atoms with van der Waals surface area (Å²) in [4.78, 5) is 0. The predicted molar refractivity (Wildman–Crippen MR) is 119 cm³/mol. The molecule has 2 aliphatic heterocycles. The molecule has 2 N–H and O–H groups in total. The molecule has 2 aliphatic rings. The minimum atomic E-state index is -0.405. The van der Waals surface area contributed by atoms with Crippen molar-refractivity contribution in [3.63, 3.8) is 0 Å². The van der Waals surface area contributed by atoms with Crippen LogP contribution in [0.3, 0.4) is 0 Å². The standard InChI is InChI=1S/C24H16Cl2N2O4/c25-15-4-1-14(19(26)7-15)11-29-16-5-2-13(3-6-16)23-17-8-21-22(31-12-30-21)9-20(17)32-24(28)18(23)10-27/h1-9,23H,11-12,28H2/t23-/m1/s1. The second-order valence-electron chi connectivity index (χ2n) is 7.26. The van der Waals surface area contributed by atoms with Crippen LogP contribution in [0.2, 0.25) is 10.0 Å². The van der Waals surface area contributed by atoms with Gasteiger partial charge in [-0.1, -0.05) is 41.4 Å². The summed E-state index contributed by atoms with van der Waals surface area (Å²) >= 11 is 12.2. The number of halogens is 2. The Morgan fingerprint density at radius 3 is 2.47 bits per heavy atom. The van der Waals surface area contributed by atoms with Crippen LogP contribution < -0.4 is 24.7 Å². The summed E-state index contributed by atoms with van der Waals surface area (Å²) in [5.41, 5.74) is 8.87. The van der Waals surface area contributed by atoms with E-state index >= 15 is 0 Å². The van der Waals surface area contributed by atoms with E-state index in [2.05, 4.69) is 6.07 Å². The highest BCUT2D eigenvalue weighted by Crippen LogP contribution is 2.48. The van der Waals surface area contributed by atoms with Gasteiger partial charge in [0.25, 0.3) is 0 Å². The highest BCUT2D eigenvalue weighted by molar-refractivity contribution is 6.35. The number of nitrogens with zero attached hydrogens (tertiary/aromatic N) is 1. The van der Waals surface area contributed by atoms with E-state index in [1.165, 1.54) is 0 Å². The number of nitrogens with two attached hydrogens (primary N) is 1. The quantitative estimate of drug-likeness (QED) is 0.544. The van der Waals surface area contributed by atoms with Crippen molar-refractivity contribution in [2.75, 3.05) is 6.79 Å². The van der Waals surface area contributed by atoms with E-state index in [1.807, 2.05) is 36.4 Å². The van der Waals surface area contributed by atoms with Crippen LogP contribution in [0.4, 0.5) is 0 Å². The summed E-state index contributed by atoms with van der Waals surface area (Å²) < 4.78 is 22.5. The number of ether oxygens (including phenoxy) is 4.